The summed E-state index contributed by atoms with van der Waals surface area (Å²) < 4.78 is 16.0. The van der Waals surface area contributed by atoms with Gasteiger partial charge in [-0.25, -0.2) is 0 Å². The maximum Gasteiger partial charge on any atom is 0.239 e. The second kappa shape index (κ2) is 12.3. The molecule has 2 fully saturated rings. The molecule has 7 nitrogen and oxygen atoms in total. The third kappa shape index (κ3) is 6.81. The van der Waals surface area contributed by atoms with Gasteiger partial charge in [0.05, 0.1) is 20.3 Å². The number of nitrogens with zero attached hydrogens (tertiary/aromatic N) is 1. The molecule has 1 amide bonds. The average Bonchev–Trinajstić information content (AvgIpc) is 2.73. The molecule has 0 radical (unpaired) electrons. The van der Waals surface area contributed by atoms with Crippen molar-refractivity contribution >= 4 is 36.4 Å². The van der Waals surface area contributed by atoms with Crippen LogP contribution in [0.25, 0.3) is 0 Å². The molecule has 2 aliphatic heterocycles. The molecule has 9 heteroatoms. The Balaban J connectivity index is 0.00000210. The number of ether oxygens (including phenoxy) is 3. The maximum absolute atomic E-state index is 12.7. The normalized spacial score (nSPS) is 18.8. The van der Waals surface area contributed by atoms with Crippen molar-refractivity contribution in [2.45, 2.75) is 37.8 Å². The first-order valence-electron chi connectivity index (χ1n) is 9.72. The number of piperidine rings is 1. The fourth-order valence-corrected chi connectivity index (χ4v) is 3.86. The van der Waals surface area contributed by atoms with Crippen LogP contribution in [-0.4, -0.2) is 63.4 Å². The van der Waals surface area contributed by atoms with Gasteiger partial charge in [-0.05, 0) is 31.6 Å². The molecule has 166 valence electrons. The molecule has 2 saturated heterocycles. The van der Waals surface area contributed by atoms with Gasteiger partial charge in [0.1, 0.15) is 11.5 Å². The van der Waals surface area contributed by atoms with E-state index in [4.69, 9.17) is 19.9 Å². The number of hydrogen-bond donors (Lipinski definition) is 2. The molecule has 1 aromatic rings. The highest BCUT2D eigenvalue weighted by Gasteiger charge is 2.31. The number of nitrogens with one attached hydrogen (secondary N) is 1. The van der Waals surface area contributed by atoms with E-state index in [0.717, 1.165) is 56.0 Å². The van der Waals surface area contributed by atoms with Crippen LogP contribution < -0.4 is 20.5 Å². The summed E-state index contributed by atoms with van der Waals surface area (Å²) in [5.74, 6) is 1.84. The molecule has 0 saturated carbocycles. The lowest BCUT2D eigenvalue weighted by Gasteiger charge is -2.36. The molecule has 1 aromatic carbocycles. The van der Waals surface area contributed by atoms with Gasteiger partial charge in [-0.2, -0.15) is 0 Å². The van der Waals surface area contributed by atoms with Gasteiger partial charge in [-0.3, -0.25) is 4.79 Å². The Morgan fingerprint density at radius 1 is 1.07 bits per heavy atom. The van der Waals surface area contributed by atoms with E-state index in [0.29, 0.717) is 19.3 Å². The van der Waals surface area contributed by atoms with E-state index in [1.165, 1.54) is 0 Å². The summed E-state index contributed by atoms with van der Waals surface area (Å²) in [5.41, 5.74) is 7.22. The van der Waals surface area contributed by atoms with E-state index >= 15 is 0 Å². The molecule has 3 N–H and O–H groups in total. The Bertz CT molecular complexity index is 614. The third-order valence-electron chi connectivity index (χ3n) is 5.59. The van der Waals surface area contributed by atoms with Crippen molar-refractivity contribution in [1.29, 1.82) is 0 Å². The van der Waals surface area contributed by atoms with E-state index in [-0.39, 0.29) is 36.6 Å². The highest BCUT2D eigenvalue weighted by Crippen LogP contribution is 2.28. The van der Waals surface area contributed by atoms with Crippen molar-refractivity contribution < 1.29 is 19.0 Å². The molecule has 1 unspecified atom stereocenters. The van der Waals surface area contributed by atoms with Crippen LogP contribution in [0.2, 0.25) is 0 Å². The standard InChI is InChI=1S/C20H31N3O4.2ClH/c1-25-17-11-16(12-18(13-17)26-2)22-15-3-7-23(8-4-15)20(24)19(21)14-5-9-27-10-6-14;;/h11-15,19,22H,3-10,21H2,1-2H3;2*1H. The minimum absolute atomic E-state index is 0. The van der Waals surface area contributed by atoms with Crippen LogP contribution in [0.4, 0.5) is 5.69 Å². The minimum Gasteiger partial charge on any atom is -0.497 e. The number of methoxy groups -OCH3 is 2. The van der Waals surface area contributed by atoms with Crippen LogP contribution in [0.15, 0.2) is 18.2 Å². The summed E-state index contributed by atoms with van der Waals surface area (Å²) in [6, 6.07) is 5.68. The first-order valence-corrected chi connectivity index (χ1v) is 9.72. The molecule has 0 bridgehead atoms. The Morgan fingerprint density at radius 2 is 1.62 bits per heavy atom. The molecule has 0 spiro atoms. The van der Waals surface area contributed by atoms with Gasteiger partial charge in [0.2, 0.25) is 5.91 Å². The van der Waals surface area contributed by atoms with Gasteiger partial charge in [-0.1, -0.05) is 0 Å². The number of amides is 1. The van der Waals surface area contributed by atoms with Crippen LogP contribution in [0, 0.1) is 5.92 Å². The molecule has 0 aliphatic carbocycles. The number of carbonyl (C=O) groups excluding carboxylic acids is 1. The lowest BCUT2D eigenvalue weighted by atomic mass is 9.91. The van der Waals surface area contributed by atoms with Crippen LogP contribution in [0.1, 0.15) is 25.7 Å². The van der Waals surface area contributed by atoms with Gasteiger partial charge in [-0.15, -0.1) is 24.8 Å². The van der Waals surface area contributed by atoms with Gasteiger partial charge in [0.25, 0.3) is 0 Å². The second-order valence-corrected chi connectivity index (χ2v) is 7.32. The summed E-state index contributed by atoms with van der Waals surface area (Å²) >= 11 is 0. The Morgan fingerprint density at radius 3 is 2.14 bits per heavy atom. The number of halogens is 2. The first kappa shape index (κ1) is 25.6. The Hall–Kier alpha value is -1.41. The number of carbonyl (C=O) groups is 1. The van der Waals surface area contributed by atoms with E-state index in [1.54, 1.807) is 14.2 Å². The first-order chi connectivity index (χ1) is 13.1. The fourth-order valence-electron chi connectivity index (χ4n) is 3.86. The quantitative estimate of drug-likeness (QED) is 0.693. The van der Waals surface area contributed by atoms with Crippen LogP contribution in [0.5, 0.6) is 11.5 Å². The van der Waals surface area contributed by atoms with Gasteiger partial charge in [0.15, 0.2) is 0 Å². The number of nitrogens with two attached hydrogens (primary N) is 1. The van der Waals surface area contributed by atoms with Crippen LogP contribution in [0.3, 0.4) is 0 Å². The maximum atomic E-state index is 12.7. The fraction of sp³-hybridized carbons (Fsp3) is 0.650. The summed E-state index contributed by atoms with van der Waals surface area (Å²) in [7, 11) is 3.29. The van der Waals surface area contributed by atoms with Gasteiger partial charge < -0.3 is 30.2 Å². The summed E-state index contributed by atoms with van der Waals surface area (Å²) in [5, 5.41) is 3.54. The van der Waals surface area contributed by atoms with E-state index in [1.807, 2.05) is 23.1 Å². The Kier molecular flexibility index (Phi) is 10.9. The lowest BCUT2D eigenvalue weighted by molar-refractivity contribution is -0.135. The molecule has 2 aliphatic rings. The van der Waals surface area contributed by atoms with Gasteiger partial charge >= 0.3 is 0 Å². The molecule has 3 rings (SSSR count). The van der Waals surface area contributed by atoms with Crippen LogP contribution >= 0.6 is 24.8 Å². The number of anilines is 1. The van der Waals surface area contributed by atoms with Crippen molar-refractivity contribution in [3.63, 3.8) is 0 Å². The zero-order chi connectivity index (χ0) is 19.2. The van der Waals surface area contributed by atoms with Crippen molar-refractivity contribution in [1.82, 2.24) is 4.90 Å². The zero-order valence-corrected chi connectivity index (χ0v) is 18.7. The predicted molar refractivity (Wildman–Crippen MR) is 119 cm³/mol. The SMILES string of the molecule is COc1cc(NC2CCN(C(=O)C(N)C3CCOCC3)CC2)cc(OC)c1.Cl.Cl. The van der Waals surface area contributed by atoms with Crippen molar-refractivity contribution in [2.75, 3.05) is 45.8 Å². The molecule has 29 heavy (non-hydrogen) atoms. The monoisotopic (exact) mass is 449 g/mol. The van der Waals surface area contributed by atoms with E-state index in [2.05, 4.69) is 5.32 Å². The van der Waals surface area contributed by atoms with Gasteiger partial charge in [0, 0.05) is 56.2 Å². The van der Waals surface area contributed by atoms with E-state index < -0.39 is 6.04 Å². The van der Waals surface area contributed by atoms with Crippen molar-refractivity contribution in [2.24, 2.45) is 11.7 Å². The van der Waals surface area contributed by atoms with E-state index in [9.17, 15) is 4.79 Å². The topological polar surface area (TPSA) is 86.1 Å². The number of rotatable bonds is 6. The molecule has 1 atom stereocenters. The molecule has 0 aromatic heterocycles. The van der Waals surface area contributed by atoms with Crippen molar-refractivity contribution in [3.8, 4) is 11.5 Å². The van der Waals surface area contributed by atoms with Crippen molar-refractivity contribution in [3.05, 3.63) is 18.2 Å². The number of hydrogen-bond acceptors (Lipinski definition) is 6. The largest absolute Gasteiger partial charge is 0.497 e. The highest BCUT2D eigenvalue weighted by molar-refractivity contribution is 5.85. The summed E-state index contributed by atoms with van der Waals surface area (Å²) in [6.07, 6.45) is 3.54. The smallest absolute Gasteiger partial charge is 0.239 e. The molecule has 2 heterocycles. The lowest BCUT2D eigenvalue weighted by Crippen LogP contribution is -2.52. The summed E-state index contributed by atoms with van der Waals surface area (Å²) in [6.45, 7) is 2.88. The second-order valence-electron chi connectivity index (χ2n) is 7.32. The number of likely N-dealkylation sites (tertiary alicyclic amines) is 1. The predicted octanol–water partition coefficient (Wildman–Crippen LogP) is 2.70. The zero-order valence-electron chi connectivity index (χ0n) is 17.1. The Labute approximate surface area is 185 Å². The third-order valence-corrected chi connectivity index (χ3v) is 5.59. The minimum atomic E-state index is -0.402. The average molecular weight is 450 g/mol. The number of benzene rings is 1. The molecular weight excluding hydrogens is 417 g/mol. The summed E-state index contributed by atoms with van der Waals surface area (Å²) in [4.78, 5) is 14.7. The highest BCUT2D eigenvalue weighted by atomic mass is 35.5. The van der Waals surface area contributed by atoms with Crippen LogP contribution in [-0.2, 0) is 9.53 Å². The molecular formula is C20H33Cl2N3O4.